The summed E-state index contributed by atoms with van der Waals surface area (Å²) >= 11 is 0. The van der Waals surface area contributed by atoms with Crippen molar-refractivity contribution in [2.45, 2.75) is 6.61 Å². The lowest BCUT2D eigenvalue weighted by Crippen LogP contribution is -2.37. The van der Waals surface area contributed by atoms with Crippen LogP contribution in [0.5, 0.6) is 0 Å². The SMILES string of the molecule is CN1CCOCC(CNC(=O)COCc2ccccc2)C1. The van der Waals surface area contributed by atoms with Crippen molar-refractivity contribution in [3.63, 3.8) is 0 Å². The van der Waals surface area contributed by atoms with Crippen LogP contribution in [0, 0.1) is 5.92 Å². The second kappa shape index (κ2) is 8.77. The molecule has 1 aromatic carbocycles. The van der Waals surface area contributed by atoms with E-state index in [1.165, 1.54) is 0 Å². The van der Waals surface area contributed by atoms with Crippen LogP contribution in [0.2, 0.25) is 0 Å². The minimum absolute atomic E-state index is 0.0715. The van der Waals surface area contributed by atoms with Crippen molar-refractivity contribution < 1.29 is 14.3 Å². The minimum Gasteiger partial charge on any atom is -0.380 e. The Balaban J connectivity index is 1.61. The number of carbonyl (C=O) groups excluding carboxylic acids is 1. The highest BCUT2D eigenvalue weighted by atomic mass is 16.5. The molecule has 0 saturated carbocycles. The normalized spacial score (nSPS) is 20.0. The average Bonchev–Trinajstić information content (AvgIpc) is 2.70. The first-order valence-electron chi connectivity index (χ1n) is 7.38. The van der Waals surface area contributed by atoms with Gasteiger partial charge in [-0.05, 0) is 12.6 Å². The monoisotopic (exact) mass is 292 g/mol. The molecule has 1 N–H and O–H groups in total. The van der Waals surface area contributed by atoms with E-state index in [4.69, 9.17) is 9.47 Å². The lowest BCUT2D eigenvalue weighted by molar-refractivity contribution is -0.126. The largest absolute Gasteiger partial charge is 0.380 e. The summed E-state index contributed by atoms with van der Waals surface area (Å²) in [5.74, 6) is 0.272. The van der Waals surface area contributed by atoms with Crippen LogP contribution in [0.25, 0.3) is 0 Å². The molecular formula is C16H24N2O3. The third kappa shape index (κ3) is 6.25. The summed E-state index contributed by atoms with van der Waals surface area (Å²) in [5, 5.41) is 2.92. The number of benzene rings is 1. The number of hydrogen-bond acceptors (Lipinski definition) is 4. The molecule has 2 rings (SSSR count). The van der Waals surface area contributed by atoms with E-state index in [0.717, 1.165) is 25.3 Å². The van der Waals surface area contributed by atoms with E-state index in [9.17, 15) is 4.79 Å². The molecule has 1 heterocycles. The van der Waals surface area contributed by atoms with Gasteiger partial charge < -0.3 is 19.7 Å². The van der Waals surface area contributed by atoms with Gasteiger partial charge in [-0.2, -0.15) is 0 Å². The standard InChI is InChI=1S/C16H24N2O3/c1-18-7-8-20-12-15(10-18)9-17-16(19)13-21-11-14-5-3-2-4-6-14/h2-6,15H,7-13H2,1H3,(H,17,19). The fraction of sp³-hybridized carbons (Fsp3) is 0.562. The Labute approximate surface area is 126 Å². The van der Waals surface area contributed by atoms with E-state index in [1.807, 2.05) is 30.3 Å². The second-order valence-electron chi connectivity index (χ2n) is 5.49. The fourth-order valence-corrected chi connectivity index (χ4v) is 2.32. The van der Waals surface area contributed by atoms with Gasteiger partial charge in [-0.15, -0.1) is 0 Å². The zero-order chi connectivity index (χ0) is 14.9. The molecule has 21 heavy (non-hydrogen) atoms. The maximum atomic E-state index is 11.8. The van der Waals surface area contributed by atoms with E-state index in [-0.39, 0.29) is 12.5 Å². The quantitative estimate of drug-likeness (QED) is 0.846. The van der Waals surface area contributed by atoms with Crippen LogP contribution in [0.1, 0.15) is 5.56 Å². The van der Waals surface area contributed by atoms with Crippen LogP contribution in [0.3, 0.4) is 0 Å². The zero-order valence-corrected chi connectivity index (χ0v) is 12.6. The van der Waals surface area contributed by atoms with Crippen LogP contribution in [-0.4, -0.2) is 57.3 Å². The number of rotatable bonds is 6. The van der Waals surface area contributed by atoms with Crippen molar-refractivity contribution in [1.29, 1.82) is 0 Å². The summed E-state index contributed by atoms with van der Waals surface area (Å²) in [6.45, 7) is 4.56. The summed E-state index contributed by atoms with van der Waals surface area (Å²) in [4.78, 5) is 14.0. The Bertz CT molecular complexity index is 425. The minimum atomic E-state index is -0.0715. The molecule has 0 aliphatic carbocycles. The van der Waals surface area contributed by atoms with Gasteiger partial charge in [-0.1, -0.05) is 30.3 Å². The van der Waals surface area contributed by atoms with Crippen molar-refractivity contribution in [1.82, 2.24) is 10.2 Å². The van der Waals surface area contributed by atoms with Crippen molar-refractivity contribution in [2.24, 2.45) is 5.92 Å². The number of carbonyl (C=O) groups is 1. The van der Waals surface area contributed by atoms with E-state index in [2.05, 4.69) is 17.3 Å². The van der Waals surface area contributed by atoms with Crippen LogP contribution in [-0.2, 0) is 20.9 Å². The third-order valence-corrected chi connectivity index (χ3v) is 3.47. The number of amides is 1. The molecule has 1 aliphatic heterocycles. The molecule has 5 heteroatoms. The van der Waals surface area contributed by atoms with Gasteiger partial charge in [0.15, 0.2) is 0 Å². The molecule has 1 aromatic rings. The fourth-order valence-electron chi connectivity index (χ4n) is 2.32. The number of likely N-dealkylation sites (N-methyl/N-ethyl adjacent to an activating group) is 1. The topological polar surface area (TPSA) is 50.8 Å². The van der Waals surface area contributed by atoms with E-state index < -0.39 is 0 Å². The Morgan fingerprint density at radius 3 is 3.05 bits per heavy atom. The Morgan fingerprint density at radius 1 is 1.43 bits per heavy atom. The molecule has 0 aromatic heterocycles. The van der Waals surface area contributed by atoms with Crippen LogP contribution < -0.4 is 5.32 Å². The lowest BCUT2D eigenvalue weighted by atomic mass is 10.1. The molecule has 1 aliphatic rings. The maximum Gasteiger partial charge on any atom is 0.246 e. The summed E-state index contributed by atoms with van der Waals surface area (Å²) < 4.78 is 10.9. The van der Waals surface area contributed by atoms with Gasteiger partial charge >= 0.3 is 0 Å². The van der Waals surface area contributed by atoms with Gasteiger partial charge in [0.25, 0.3) is 0 Å². The first kappa shape index (κ1) is 15.9. The molecule has 0 spiro atoms. The molecule has 1 amide bonds. The zero-order valence-electron chi connectivity index (χ0n) is 12.6. The number of ether oxygens (including phenoxy) is 2. The van der Waals surface area contributed by atoms with Crippen molar-refractivity contribution in [3.8, 4) is 0 Å². The van der Waals surface area contributed by atoms with Crippen molar-refractivity contribution in [2.75, 3.05) is 46.5 Å². The molecule has 116 valence electrons. The predicted octanol–water partition coefficient (Wildman–Crippen LogP) is 0.898. The van der Waals surface area contributed by atoms with Gasteiger partial charge in [0.2, 0.25) is 5.91 Å². The molecule has 5 nitrogen and oxygen atoms in total. The molecule has 1 atom stereocenters. The summed E-state index contributed by atoms with van der Waals surface area (Å²) in [7, 11) is 2.08. The molecular weight excluding hydrogens is 268 g/mol. The van der Waals surface area contributed by atoms with Crippen molar-refractivity contribution in [3.05, 3.63) is 35.9 Å². The third-order valence-electron chi connectivity index (χ3n) is 3.47. The van der Waals surface area contributed by atoms with Crippen LogP contribution >= 0.6 is 0 Å². The smallest absolute Gasteiger partial charge is 0.246 e. The molecule has 1 unspecified atom stereocenters. The van der Waals surface area contributed by atoms with Gasteiger partial charge in [-0.25, -0.2) is 0 Å². The summed E-state index contributed by atoms with van der Waals surface area (Å²) in [6, 6.07) is 9.85. The van der Waals surface area contributed by atoms with Gasteiger partial charge in [0, 0.05) is 25.6 Å². The molecule has 0 radical (unpaired) electrons. The second-order valence-corrected chi connectivity index (χ2v) is 5.49. The number of nitrogens with zero attached hydrogens (tertiary/aromatic N) is 1. The summed E-state index contributed by atoms with van der Waals surface area (Å²) in [5.41, 5.74) is 1.07. The predicted molar refractivity (Wildman–Crippen MR) is 80.9 cm³/mol. The molecule has 1 saturated heterocycles. The Kier molecular flexibility index (Phi) is 6.66. The van der Waals surface area contributed by atoms with E-state index in [1.54, 1.807) is 0 Å². The van der Waals surface area contributed by atoms with E-state index >= 15 is 0 Å². The first-order chi connectivity index (χ1) is 10.2. The maximum absolute atomic E-state index is 11.8. The van der Waals surface area contributed by atoms with E-state index in [0.29, 0.717) is 25.7 Å². The van der Waals surface area contributed by atoms with Crippen LogP contribution in [0.15, 0.2) is 30.3 Å². The lowest BCUT2D eigenvalue weighted by Gasteiger charge is -2.19. The number of nitrogens with one attached hydrogen (secondary N) is 1. The van der Waals surface area contributed by atoms with Gasteiger partial charge in [0.05, 0.1) is 19.8 Å². The summed E-state index contributed by atoms with van der Waals surface area (Å²) in [6.07, 6.45) is 0. The Hall–Kier alpha value is -1.43. The Morgan fingerprint density at radius 2 is 2.24 bits per heavy atom. The molecule has 0 bridgehead atoms. The first-order valence-corrected chi connectivity index (χ1v) is 7.38. The highest BCUT2D eigenvalue weighted by Gasteiger charge is 2.16. The van der Waals surface area contributed by atoms with Gasteiger partial charge in [0.1, 0.15) is 6.61 Å². The average molecular weight is 292 g/mol. The number of hydrogen-bond donors (Lipinski definition) is 1. The highest BCUT2D eigenvalue weighted by Crippen LogP contribution is 2.04. The highest BCUT2D eigenvalue weighted by molar-refractivity contribution is 5.77. The van der Waals surface area contributed by atoms with Crippen molar-refractivity contribution >= 4 is 5.91 Å². The molecule has 1 fully saturated rings. The van der Waals surface area contributed by atoms with Crippen LogP contribution in [0.4, 0.5) is 0 Å². The van der Waals surface area contributed by atoms with Gasteiger partial charge in [-0.3, -0.25) is 4.79 Å².